The van der Waals surface area contributed by atoms with Gasteiger partial charge in [0.05, 0.1) is 0 Å². The van der Waals surface area contributed by atoms with Gasteiger partial charge < -0.3 is 10.4 Å². The summed E-state index contributed by atoms with van der Waals surface area (Å²) in [5.41, 5.74) is 1.40. The second-order valence-corrected chi connectivity index (χ2v) is 4.15. The summed E-state index contributed by atoms with van der Waals surface area (Å²) in [5, 5.41) is 16.4. The molecule has 0 saturated carbocycles. The molecule has 0 saturated heterocycles. The van der Waals surface area contributed by atoms with E-state index in [-0.39, 0.29) is 6.61 Å². The van der Waals surface area contributed by atoms with Crippen molar-refractivity contribution < 1.29 is 5.11 Å². The van der Waals surface area contributed by atoms with Gasteiger partial charge in [-0.25, -0.2) is 0 Å². The highest BCUT2D eigenvalue weighted by atomic mass is 32.1. The van der Waals surface area contributed by atoms with Gasteiger partial charge >= 0.3 is 0 Å². The normalized spacial score (nSPS) is 13.1. The van der Waals surface area contributed by atoms with Gasteiger partial charge in [0.25, 0.3) is 0 Å². The molecule has 1 aromatic heterocycles. The molecule has 2 N–H and O–H groups in total. The second-order valence-electron chi connectivity index (χ2n) is 3.37. The van der Waals surface area contributed by atoms with Crippen LogP contribution in [0.4, 0.5) is 0 Å². The lowest BCUT2D eigenvalue weighted by molar-refractivity contribution is 0.234. The number of hydrogen-bond acceptors (Lipinski definition) is 3. The van der Waals surface area contributed by atoms with E-state index in [1.807, 2.05) is 6.92 Å². The standard InChI is InChI=1S/C10H17NOS/c1-9(7-12)6-11-4-2-10-3-5-13-8-10/h3,5,8-9,11-12H,2,4,6-7H2,1H3. The average molecular weight is 199 g/mol. The van der Waals surface area contributed by atoms with Gasteiger partial charge in [0.15, 0.2) is 0 Å². The van der Waals surface area contributed by atoms with Gasteiger partial charge in [0, 0.05) is 6.61 Å². The van der Waals surface area contributed by atoms with Gasteiger partial charge in [0.2, 0.25) is 0 Å². The summed E-state index contributed by atoms with van der Waals surface area (Å²) in [6.45, 7) is 4.21. The third-order valence-electron chi connectivity index (χ3n) is 1.98. The Bertz CT molecular complexity index is 211. The molecule has 0 fully saturated rings. The van der Waals surface area contributed by atoms with Crippen LogP contribution in [0.5, 0.6) is 0 Å². The van der Waals surface area contributed by atoms with Gasteiger partial charge in [0.1, 0.15) is 0 Å². The molecule has 1 heterocycles. The highest BCUT2D eigenvalue weighted by molar-refractivity contribution is 7.07. The van der Waals surface area contributed by atoms with Crippen LogP contribution in [0.1, 0.15) is 12.5 Å². The molecule has 0 amide bonds. The second kappa shape index (κ2) is 6.13. The molecule has 13 heavy (non-hydrogen) atoms. The SMILES string of the molecule is CC(CO)CNCCc1ccsc1. The predicted molar refractivity (Wildman–Crippen MR) is 57.1 cm³/mol. The molecule has 0 radical (unpaired) electrons. The zero-order chi connectivity index (χ0) is 9.52. The number of thiophene rings is 1. The molecule has 1 unspecified atom stereocenters. The molecule has 2 nitrogen and oxygen atoms in total. The molecule has 0 aliphatic rings. The van der Waals surface area contributed by atoms with Crippen LogP contribution in [0.2, 0.25) is 0 Å². The number of rotatable bonds is 6. The Hall–Kier alpha value is -0.380. The van der Waals surface area contributed by atoms with Crippen molar-refractivity contribution in [3.05, 3.63) is 22.4 Å². The first-order valence-corrected chi connectivity index (χ1v) is 5.60. The maximum atomic E-state index is 8.78. The lowest BCUT2D eigenvalue weighted by atomic mass is 10.2. The van der Waals surface area contributed by atoms with Gasteiger partial charge in [-0.3, -0.25) is 0 Å². The molecule has 0 aliphatic carbocycles. The summed E-state index contributed by atoms with van der Waals surface area (Å²) >= 11 is 1.74. The first kappa shape index (κ1) is 10.7. The first-order valence-electron chi connectivity index (χ1n) is 4.65. The van der Waals surface area contributed by atoms with E-state index >= 15 is 0 Å². The molecular formula is C10H17NOS. The Morgan fingerprint density at radius 2 is 2.46 bits per heavy atom. The van der Waals surface area contributed by atoms with E-state index in [0.717, 1.165) is 19.5 Å². The molecule has 1 aromatic rings. The topological polar surface area (TPSA) is 32.3 Å². The number of aliphatic hydroxyl groups is 1. The molecule has 0 aromatic carbocycles. The van der Waals surface area contributed by atoms with E-state index < -0.39 is 0 Å². The van der Waals surface area contributed by atoms with E-state index in [9.17, 15) is 0 Å². The molecule has 1 rings (SSSR count). The third-order valence-corrected chi connectivity index (χ3v) is 2.71. The largest absolute Gasteiger partial charge is 0.396 e. The Morgan fingerprint density at radius 3 is 3.08 bits per heavy atom. The molecular weight excluding hydrogens is 182 g/mol. The molecule has 74 valence electrons. The van der Waals surface area contributed by atoms with Crippen molar-refractivity contribution in [3.8, 4) is 0 Å². The number of nitrogens with one attached hydrogen (secondary N) is 1. The number of hydrogen-bond donors (Lipinski definition) is 2. The monoisotopic (exact) mass is 199 g/mol. The molecule has 0 bridgehead atoms. The van der Waals surface area contributed by atoms with Gasteiger partial charge in [-0.15, -0.1) is 0 Å². The van der Waals surface area contributed by atoms with Crippen LogP contribution in [0.15, 0.2) is 16.8 Å². The molecule has 3 heteroatoms. The minimum atomic E-state index is 0.269. The zero-order valence-corrected chi connectivity index (χ0v) is 8.81. The minimum Gasteiger partial charge on any atom is -0.396 e. The third kappa shape index (κ3) is 4.41. The van der Waals surface area contributed by atoms with Crippen LogP contribution in [0.3, 0.4) is 0 Å². The van der Waals surface area contributed by atoms with Crippen molar-refractivity contribution in [3.63, 3.8) is 0 Å². The fourth-order valence-corrected chi connectivity index (χ4v) is 1.78. The fraction of sp³-hybridized carbons (Fsp3) is 0.600. The maximum absolute atomic E-state index is 8.78. The Morgan fingerprint density at radius 1 is 1.62 bits per heavy atom. The van der Waals surface area contributed by atoms with E-state index in [2.05, 4.69) is 22.1 Å². The smallest absolute Gasteiger partial charge is 0.0468 e. The lowest BCUT2D eigenvalue weighted by Crippen LogP contribution is -2.25. The van der Waals surface area contributed by atoms with Crippen LogP contribution in [0, 0.1) is 5.92 Å². The summed E-state index contributed by atoms with van der Waals surface area (Å²) in [5.74, 6) is 0.363. The van der Waals surface area contributed by atoms with Crippen molar-refractivity contribution in [1.29, 1.82) is 0 Å². The van der Waals surface area contributed by atoms with Crippen molar-refractivity contribution in [2.75, 3.05) is 19.7 Å². The van der Waals surface area contributed by atoms with E-state index in [0.29, 0.717) is 5.92 Å². The van der Waals surface area contributed by atoms with Crippen molar-refractivity contribution in [1.82, 2.24) is 5.32 Å². The minimum absolute atomic E-state index is 0.269. The Kier molecular flexibility index (Phi) is 5.05. The van der Waals surface area contributed by atoms with E-state index in [4.69, 9.17) is 5.11 Å². The van der Waals surface area contributed by atoms with Crippen LogP contribution >= 0.6 is 11.3 Å². The quantitative estimate of drug-likeness (QED) is 0.681. The number of aliphatic hydroxyl groups excluding tert-OH is 1. The van der Waals surface area contributed by atoms with Crippen LogP contribution in [0.25, 0.3) is 0 Å². The zero-order valence-electron chi connectivity index (χ0n) is 7.99. The highest BCUT2D eigenvalue weighted by Gasteiger charge is 1.98. The summed E-state index contributed by atoms with van der Waals surface area (Å²) in [6, 6.07) is 2.15. The van der Waals surface area contributed by atoms with E-state index in [1.165, 1.54) is 5.56 Å². The Labute approximate surface area is 83.6 Å². The predicted octanol–water partition coefficient (Wildman–Crippen LogP) is 1.51. The van der Waals surface area contributed by atoms with Crippen molar-refractivity contribution in [2.24, 2.45) is 5.92 Å². The van der Waals surface area contributed by atoms with Gasteiger partial charge in [-0.2, -0.15) is 11.3 Å². The summed E-state index contributed by atoms with van der Waals surface area (Å²) in [6.07, 6.45) is 1.08. The molecule has 0 aliphatic heterocycles. The maximum Gasteiger partial charge on any atom is 0.0468 e. The van der Waals surface area contributed by atoms with Crippen molar-refractivity contribution in [2.45, 2.75) is 13.3 Å². The molecule has 0 spiro atoms. The van der Waals surface area contributed by atoms with Crippen LogP contribution < -0.4 is 5.32 Å². The van der Waals surface area contributed by atoms with Gasteiger partial charge in [-0.05, 0) is 47.8 Å². The average Bonchev–Trinajstić information content (AvgIpc) is 2.64. The first-order chi connectivity index (χ1) is 6.33. The van der Waals surface area contributed by atoms with Crippen LogP contribution in [-0.4, -0.2) is 24.8 Å². The summed E-state index contributed by atoms with van der Waals surface area (Å²) < 4.78 is 0. The summed E-state index contributed by atoms with van der Waals surface area (Å²) in [4.78, 5) is 0. The van der Waals surface area contributed by atoms with E-state index in [1.54, 1.807) is 11.3 Å². The molecule has 1 atom stereocenters. The summed E-state index contributed by atoms with van der Waals surface area (Å²) in [7, 11) is 0. The van der Waals surface area contributed by atoms with Gasteiger partial charge in [-0.1, -0.05) is 6.92 Å². The van der Waals surface area contributed by atoms with Crippen molar-refractivity contribution >= 4 is 11.3 Å². The highest BCUT2D eigenvalue weighted by Crippen LogP contribution is 2.05. The fourth-order valence-electron chi connectivity index (χ4n) is 1.08. The van der Waals surface area contributed by atoms with Crippen LogP contribution in [-0.2, 0) is 6.42 Å². The lowest BCUT2D eigenvalue weighted by Gasteiger charge is -2.08. The Balaban J connectivity index is 2.02.